The average Bonchev–Trinajstić information content (AvgIpc) is 3.60. The highest BCUT2D eigenvalue weighted by Gasteiger charge is 2.32. The number of hydrogen-bond donors (Lipinski definition) is 0. The molecule has 5 aromatic rings. The van der Waals surface area contributed by atoms with Crippen molar-refractivity contribution in [2.75, 3.05) is 7.11 Å². The van der Waals surface area contributed by atoms with Crippen molar-refractivity contribution < 1.29 is 14.1 Å². The van der Waals surface area contributed by atoms with Crippen molar-refractivity contribution in [3.63, 3.8) is 0 Å². The average molecular weight is 562 g/mol. The third-order valence-corrected chi connectivity index (χ3v) is 8.53. The van der Waals surface area contributed by atoms with E-state index in [2.05, 4.69) is 30.3 Å². The maximum atomic E-state index is 13.9. The van der Waals surface area contributed by atoms with Gasteiger partial charge in [0.25, 0.3) is 11.2 Å². The van der Waals surface area contributed by atoms with Crippen LogP contribution in [0.1, 0.15) is 34.9 Å². The molecule has 0 unspecified atom stereocenters. The molecule has 0 spiro atoms. The molecule has 9 heteroatoms. The third kappa shape index (κ3) is 4.22. The lowest BCUT2D eigenvalue weighted by atomic mass is 9.83. The molecule has 0 fully saturated rings. The van der Waals surface area contributed by atoms with Crippen molar-refractivity contribution in [2.45, 2.75) is 18.9 Å². The maximum absolute atomic E-state index is 13.9. The Bertz CT molecular complexity index is 2050. The van der Waals surface area contributed by atoms with Gasteiger partial charge < -0.3 is 9.15 Å². The highest BCUT2D eigenvalue weighted by Crippen LogP contribution is 2.41. The number of aromatic nitrogens is 1. The molecule has 0 N–H and O–H groups in total. The van der Waals surface area contributed by atoms with Crippen molar-refractivity contribution in [2.24, 2.45) is 4.99 Å². The molecule has 1 aliphatic carbocycles. The summed E-state index contributed by atoms with van der Waals surface area (Å²) in [5.74, 6) is 1.30. The van der Waals surface area contributed by atoms with E-state index in [9.17, 15) is 14.9 Å². The SMILES string of the molecule is COc1ccc([N+](=O)[O-])cc1-c1ccc(/C=c2/sc3n(c2=O)[C@H](c2ccccc2)C2=C(N=3)c3ccccc3CC2)o1. The molecular formula is C32H23N3O5S. The molecule has 0 bridgehead atoms. The summed E-state index contributed by atoms with van der Waals surface area (Å²) >= 11 is 1.32. The van der Waals surface area contributed by atoms with Crippen LogP contribution in [0, 0.1) is 10.1 Å². The van der Waals surface area contributed by atoms with E-state index in [1.54, 1.807) is 22.8 Å². The fraction of sp³-hybridized carbons (Fsp3) is 0.125. The summed E-state index contributed by atoms with van der Waals surface area (Å²) in [5.41, 5.74) is 5.77. The zero-order chi connectivity index (χ0) is 28.1. The molecule has 0 amide bonds. The van der Waals surface area contributed by atoms with Crippen LogP contribution in [0.2, 0.25) is 0 Å². The molecular weight excluding hydrogens is 538 g/mol. The summed E-state index contributed by atoms with van der Waals surface area (Å²) < 4.78 is 13.7. The second kappa shape index (κ2) is 9.87. The highest BCUT2D eigenvalue weighted by atomic mass is 32.1. The number of ether oxygens (including phenoxy) is 1. The van der Waals surface area contributed by atoms with Crippen LogP contribution in [0.15, 0.2) is 105 Å². The Hall–Kier alpha value is -5.02. The van der Waals surface area contributed by atoms with Gasteiger partial charge in [0.1, 0.15) is 17.3 Å². The number of furan rings is 1. The third-order valence-electron chi connectivity index (χ3n) is 7.55. The number of nitro groups is 1. The van der Waals surface area contributed by atoms with Crippen LogP contribution in [0.3, 0.4) is 0 Å². The molecule has 2 aromatic heterocycles. The van der Waals surface area contributed by atoms with Gasteiger partial charge in [0, 0.05) is 23.8 Å². The number of hydrogen-bond acceptors (Lipinski definition) is 7. The number of methoxy groups -OCH3 is 1. The van der Waals surface area contributed by atoms with Gasteiger partial charge in [-0.3, -0.25) is 19.5 Å². The van der Waals surface area contributed by atoms with Gasteiger partial charge in [0.15, 0.2) is 4.80 Å². The van der Waals surface area contributed by atoms with E-state index in [1.165, 1.54) is 42.2 Å². The Morgan fingerprint density at radius 3 is 2.63 bits per heavy atom. The van der Waals surface area contributed by atoms with Crippen molar-refractivity contribution in [1.29, 1.82) is 0 Å². The van der Waals surface area contributed by atoms with E-state index >= 15 is 0 Å². The van der Waals surface area contributed by atoms with Gasteiger partial charge in [-0.05, 0) is 47.7 Å². The molecule has 0 saturated carbocycles. The minimum absolute atomic E-state index is 0.0708. The lowest BCUT2D eigenvalue weighted by molar-refractivity contribution is -0.384. The fourth-order valence-electron chi connectivity index (χ4n) is 5.66. The molecule has 0 radical (unpaired) electrons. The zero-order valence-electron chi connectivity index (χ0n) is 21.9. The molecule has 0 saturated heterocycles. The summed E-state index contributed by atoms with van der Waals surface area (Å²) in [7, 11) is 1.50. The predicted molar refractivity (Wildman–Crippen MR) is 157 cm³/mol. The molecule has 2 aliphatic rings. The number of thiazole rings is 1. The molecule has 3 heterocycles. The normalized spacial score (nSPS) is 16.0. The van der Waals surface area contributed by atoms with Gasteiger partial charge in [0.05, 0.1) is 33.9 Å². The van der Waals surface area contributed by atoms with Crippen LogP contribution in [-0.4, -0.2) is 16.6 Å². The van der Waals surface area contributed by atoms with Crippen molar-refractivity contribution >= 4 is 28.8 Å². The van der Waals surface area contributed by atoms with E-state index in [-0.39, 0.29) is 17.3 Å². The summed E-state index contributed by atoms with van der Waals surface area (Å²) in [6.45, 7) is 0. The summed E-state index contributed by atoms with van der Waals surface area (Å²) in [5, 5.41) is 11.3. The summed E-state index contributed by atoms with van der Waals surface area (Å²) in [6, 6.07) is 26.0. The summed E-state index contributed by atoms with van der Waals surface area (Å²) in [6.07, 6.45) is 3.43. The van der Waals surface area contributed by atoms with Gasteiger partial charge >= 0.3 is 0 Å². The summed E-state index contributed by atoms with van der Waals surface area (Å²) in [4.78, 5) is 30.5. The monoisotopic (exact) mass is 561 g/mol. The van der Waals surface area contributed by atoms with Crippen LogP contribution < -0.4 is 19.6 Å². The standard InChI is InChI=1S/C32H23N3O5S/c1-39-26-15-12-21(35(37)38)17-25(26)27-16-13-22(40-27)18-28-31(36)34-30(20-8-3-2-4-9-20)24-14-11-19-7-5-6-10-23(19)29(24)33-32(34)41-28/h2-10,12-13,15-18,30H,11,14H2,1H3/b28-18+/t30-/m1/s1. The van der Waals surface area contributed by atoms with E-state index in [4.69, 9.17) is 14.1 Å². The van der Waals surface area contributed by atoms with Gasteiger partial charge in [-0.15, -0.1) is 0 Å². The van der Waals surface area contributed by atoms with Gasteiger partial charge in [0.2, 0.25) is 0 Å². The van der Waals surface area contributed by atoms with E-state index in [1.807, 2.05) is 24.3 Å². The van der Waals surface area contributed by atoms with Gasteiger partial charge in [-0.25, -0.2) is 4.99 Å². The molecule has 1 aliphatic heterocycles. The Labute approximate surface area is 238 Å². The number of benzene rings is 3. The Morgan fingerprint density at radius 1 is 1.02 bits per heavy atom. The molecule has 202 valence electrons. The number of fused-ring (bicyclic) bond motifs is 3. The predicted octanol–water partition coefficient (Wildman–Crippen LogP) is 5.50. The minimum Gasteiger partial charge on any atom is -0.496 e. The topological polar surface area (TPSA) is 99.9 Å². The van der Waals surface area contributed by atoms with Crippen LogP contribution in [-0.2, 0) is 6.42 Å². The highest BCUT2D eigenvalue weighted by molar-refractivity contribution is 7.07. The lowest BCUT2D eigenvalue weighted by Crippen LogP contribution is -2.38. The first-order chi connectivity index (χ1) is 20.0. The Morgan fingerprint density at radius 2 is 1.83 bits per heavy atom. The molecule has 8 nitrogen and oxygen atoms in total. The van der Waals surface area contributed by atoms with Gasteiger partial charge in [-0.2, -0.15) is 0 Å². The first-order valence-electron chi connectivity index (χ1n) is 13.1. The van der Waals surface area contributed by atoms with Gasteiger partial charge in [-0.1, -0.05) is 65.9 Å². The van der Waals surface area contributed by atoms with Crippen molar-refractivity contribution in [1.82, 2.24) is 4.57 Å². The second-order valence-electron chi connectivity index (χ2n) is 9.87. The number of non-ortho nitro benzene ring substituents is 1. The number of aryl methyl sites for hydroxylation is 1. The van der Waals surface area contributed by atoms with Crippen molar-refractivity contribution in [3.8, 4) is 17.1 Å². The zero-order valence-corrected chi connectivity index (χ0v) is 22.8. The molecule has 3 aromatic carbocycles. The van der Waals surface area contributed by atoms with Crippen LogP contribution in [0.25, 0.3) is 23.1 Å². The van der Waals surface area contributed by atoms with Crippen LogP contribution in [0.5, 0.6) is 5.75 Å². The Kier molecular flexibility index (Phi) is 6.01. The van der Waals surface area contributed by atoms with Crippen LogP contribution >= 0.6 is 11.3 Å². The fourth-order valence-corrected chi connectivity index (χ4v) is 6.65. The first kappa shape index (κ1) is 25.0. The number of allylic oxidation sites excluding steroid dienone is 1. The minimum atomic E-state index is -0.464. The van der Waals surface area contributed by atoms with Crippen molar-refractivity contribution in [3.05, 3.63) is 143 Å². The number of nitro benzene ring substituents is 1. The molecule has 7 rings (SSSR count). The second-order valence-corrected chi connectivity index (χ2v) is 10.9. The van der Waals surface area contributed by atoms with E-state index in [0.29, 0.717) is 32.2 Å². The largest absolute Gasteiger partial charge is 0.496 e. The van der Waals surface area contributed by atoms with Crippen LogP contribution in [0.4, 0.5) is 5.69 Å². The lowest BCUT2D eigenvalue weighted by Gasteiger charge is -2.30. The molecule has 1 atom stereocenters. The maximum Gasteiger partial charge on any atom is 0.271 e. The quantitative estimate of drug-likeness (QED) is 0.209. The Balaban J connectivity index is 1.37. The number of rotatable bonds is 5. The number of nitrogens with zero attached hydrogens (tertiary/aromatic N) is 3. The first-order valence-corrected chi connectivity index (χ1v) is 13.9. The van der Waals surface area contributed by atoms with E-state index in [0.717, 1.165) is 35.2 Å². The van der Waals surface area contributed by atoms with E-state index < -0.39 is 4.92 Å². The smallest absolute Gasteiger partial charge is 0.271 e. The molecule has 41 heavy (non-hydrogen) atoms.